The Bertz CT molecular complexity index is 564. The van der Waals surface area contributed by atoms with Crippen LogP contribution >= 0.6 is 11.6 Å². The van der Waals surface area contributed by atoms with E-state index in [4.69, 9.17) is 16.3 Å². The molecule has 120 valence electrons. The molecule has 1 N–H and O–H groups in total. The number of fused-ring (bicyclic) bond motifs is 3. The molecule has 22 heavy (non-hydrogen) atoms. The lowest BCUT2D eigenvalue weighted by molar-refractivity contribution is -0.154. The Morgan fingerprint density at radius 1 is 1.41 bits per heavy atom. The van der Waals surface area contributed by atoms with E-state index in [2.05, 4.69) is 15.3 Å². The molecule has 3 aliphatic rings. The van der Waals surface area contributed by atoms with Gasteiger partial charge in [-0.15, -0.1) is 0 Å². The van der Waals surface area contributed by atoms with E-state index >= 15 is 0 Å². The Morgan fingerprint density at radius 2 is 2.09 bits per heavy atom. The van der Waals surface area contributed by atoms with Gasteiger partial charge in [0.15, 0.2) is 11.6 Å². The fourth-order valence-electron chi connectivity index (χ4n) is 3.84. The minimum atomic E-state index is -0.562. The molecule has 0 radical (unpaired) electrons. The SMILES string of the molecule is CCOC(=O)[C@H]1C2CCC(CC2)[C@@H]1Nc1nc(Cl)ncc1F. The summed E-state index contributed by atoms with van der Waals surface area (Å²) in [5.74, 6) is -0.328. The van der Waals surface area contributed by atoms with Crippen molar-refractivity contribution in [1.82, 2.24) is 9.97 Å². The predicted octanol–water partition coefficient (Wildman–Crippen LogP) is 3.05. The van der Waals surface area contributed by atoms with Crippen LogP contribution < -0.4 is 5.32 Å². The Labute approximate surface area is 133 Å². The molecule has 5 nitrogen and oxygen atoms in total. The molecule has 1 aromatic rings. The van der Waals surface area contributed by atoms with Gasteiger partial charge in [-0.3, -0.25) is 4.79 Å². The van der Waals surface area contributed by atoms with Crippen molar-refractivity contribution in [3.05, 3.63) is 17.3 Å². The van der Waals surface area contributed by atoms with Crippen LogP contribution in [0, 0.1) is 23.6 Å². The van der Waals surface area contributed by atoms with Crippen LogP contribution in [0.3, 0.4) is 0 Å². The minimum absolute atomic E-state index is 0.0162. The topological polar surface area (TPSA) is 64.1 Å². The van der Waals surface area contributed by atoms with E-state index in [1.165, 1.54) is 0 Å². The third-order valence-corrected chi connectivity index (χ3v) is 4.98. The molecule has 0 saturated heterocycles. The average molecular weight is 328 g/mol. The van der Waals surface area contributed by atoms with E-state index in [-0.39, 0.29) is 29.0 Å². The molecule has 0 unspecified atom stereocenters. The van der Waals surface area contributed by atoms with Gasteiger partial charge in [0.1, 0.15) is 0 Å². The van der Waals surface area contributed by atoms with Gasteiger partial charge in [0.2, 0.25) is 5.28 Å². The summed E-state index contributed by atoms with van der Waals surface area (Å²) >= 11 is 5.74. The number of halogens is 2. The third kappa shape index (κ3) is 2.89. The lowest BCUT2D eigenvalue weighted by Gasteiger charge is -2.47. The van der Waals surface area contributed by atoms with Crippen LogP contribution in [0.5, 0.6) is 0 Å². The zero-order valence-electron chi connectivity index (χ0n) is 12.4. The van der Waals surface area contributed by atoms with Crippen molar-refractivity contribution in [1.29, 1.82) is 0 Å². The van der Waals surface area contributed by atoms with Gasteiger partial charge in [-0.1, -0.05) is 0 Å². The number of anilines is 1. The number of carbonyl (C=O) groups is 1. The number of esters is 1. The number of aromatic nitrogens is 2. The van der Waals surface area contributed by atoms with Crippen LogP contribution in [0.2, 0.25) is 5.28 Å². The number of rotatable bonds is 4. The number of ether oxygens (including phenoxy) is 1. The van der Waals surface area contributed by atoms with Crippen LogP contribution in [0.15, 0.2) is 6.20 Å². The van der Waals surface area contributed by atoms with Crippen molar-refractivity contribution in [3.8, 4) is 0 Å². The molecule has 0 spiro atoms. The van der Waals surface area contributed by atoms with E-state index in [9.17, 15) is 9.18 Å². The first-order chi connectivity index (χ1) is 10.6. The van der Waals surface area contributed by atoms with Crippen molar-refractivity contribution in [2.75, 3.05) is 11.9 Å². The maximum atomic E-state index is 13.9. The fourth-order valence-corrected chi connectivity index (χ4v) is 3.97. The Hall–Kier alpha value is -1.43. The zero-order chi connectivity index (χ0) is 15.7. The summed E-state index contributed by atoms with van der Waals surface area (Å²) in [4.78, 5) is 19.8. The van der Waals surface area contributed by atoms with Gasteiger partial charge in [0, 0.05) is 6.04 Å². The normalized spacial score (nSPS) is 30.1. The smallest absolute Gasteiger partial charge is 0.311 e. The highest BCUT2D eigenvalue weighted by Crippen LogP contribution is 2.46. The number of hydrogen-bond acceptors (Lipinski definition) is 5. The molecular weight excluding hydrogens is 309 g/mol. The van der Waals surface area contributed by atoms with Crippen molar-refractivity contribution in [2.24, 2.45) is 17.8 Å². The number of hydrogen-bond donors (Lipinski definition) is 1. The van der Waals surface area contributed by atoms with Gasteiger partial charge in [-0.2, -0.15) is 4.98 Å². The lowest BCUT2D eigenvalue weighted by atomic mass is 9.61. The maximum absolute atomic E-state index is 13.9. The second-order valence-electron chi connectivity index (χ2n) is 5.96. The highest BCUT2D eigenvalue weighted by atomic mass is 35.5. The Balaban J connectivity index is 1.85. The Morgan fingerprint density at radius 3 is 2.77 bits per heavy atom. The molecule has 2 bridgehead atoms. The van der Waals surface area contributed by atoms with Gasteiger partial charge >= 0.3 is 5.97 Å². The molecule has 3 saturated carbocycles. The molecule has 1 aromatic heterocycles. The van der Waals surface area contributed by atoms with Crippen LogP contribution in [0.4, 0.5) is 10.2 Å². The van der Waals surface area contributed by atoms with E-state index < -0.39 is 5.82 Å². The second-order valence-corrected chi connectivity index (χ2v) is 6.30. The molecule has 2 atom stereocenters. The van der Waals surface area contributed by atoms with Crippen LogP contribution in [0.25, 0.3) is 0 Å². The molecule has 0 aromatic carbocycles. The summed E-state index contributed by atoms with van der Waals surface area (Å²) in [7, 11) is 0. The molecule has 4 rings (SSSR count). The summed E-state index contributed by atoms with van der Waals surface area (Å²) < 4.78 is 19.1. The quantitative estimate of drug-likeness (QED) is 0.680. The largest absolute Gasteiger partial charge is 0.466 e. The number of carbonyl (C=O) groups excluding carboxylic acids is 1. The van der Waals surface area contributed by atoms with Crippen molar-refractivity contribution in [3.63, 3.8) is 0 Å². The van der Waals surface area contributed by atoms with Gasteiger partial charge in [0.25, 0.3) is 0 Å². The van der Waals surface area contributed by atoms with Crippen molar-refractivity contribution in [2.45, 2.75) is 38.6 Å². The summed E-state index contributed by atoms with van der Waals surface area (Å²) in [5, 5.41) is 3.08. The molecule has 0 aliphatic heterocycles. The van der Waals surface area contributed by atoms with Gasteiger partial charge in [0.05, 0.1) is 18.7 Å². The summed E-state index contributed by atoms with van der Waals surface area (Å²) in [6.45, 7) is 2.15. The second kappa shape index (κ2) is 6.36. The highest BCUT2D eigenvalue weighted by Gasteiger charge is 2.48. The maximum Gasteiger partial charge on any atom is 0.311 e. The Kier molecular flexibility index (Phi) is 4.47. The number of nitrogens with zero attached hydrogens (tertiary/aromatic N) is 2. The van der Waals surface area contributed by atoms with Gasteiger partial charge in [-0.05, 0) is 56.0 Å². The molecule has 1 heterocycles. The van der Waals surface area contributed by atoms with Gasteiger partial charge in [-0.25, -0.2) is 9.37 Å². The predicted molar refractivity (Wildman–Crippen MR) is 80.0 cm³/mol. The molecule has 0 amide bonds. The van der Waals surface area contributed by atoms with Gasteiger partial charge < -0.3 is 10.1 Å². The first kappa shape index (κ1) is 15.5. The zero-order valence-corrected chi connectivity index (χ0v) is 13.1. The molecule has 7 heteroatoms. The standard InChI is InChI=1S/C15H19ClFN3O2/c1-2-22-14(21)11-8-3-5-9(6-4-8)12(11)19-13-10(17)7-18-15(16)20-13/h7-9,11-12H,2-6H2,1H3,(H,18,19,20)/t8?,9?,11-,12-/m0/s1. The van der Waals surface area contributed by atoms with E-state index in [1.54, 1.807) is 6.92 Å². The van der Waals surface area contributed by atoms with Crippen molar-refractivity contribution < 1.29 is 13.9 Å². The lowest BCUT2D eigenvalue weighted by Crippen LogP contribution is -2.52. The summed E-state index contributed by atoms with van der Waals surface area (Å²) in [6, 6.07) is -0.160. The van der Waals surface area contributed by atoms with E-state index in [0.717, 1.165) is 31.9 Å². The van der Waals surface area contributed by atoms with E-state index in [0.29, 0.717) is 18.4 Å². The monoisotopic (exact) mass is 327 g/mol. The highest BCUT2D eigenvalue weighted by molar-refractivity contribution is 6.28. The average Bonchev–Trinajstić information content (AvgIpc) is 2.52. The van der Waals surface area contributed by atoms with E-state index in [1.807, 2.05) is 0 Å². The summed E-state index contributed by atoms with van der Waals surface area (Å²) in [6.07, 6.45) is 5.17. The van der Waals surface area contributed by atoms with Crippen molar-refractivity contribution >= 4 is 23.4 Å². The molecular formula is C15H19ClFN3O2. The third-order valence-electron chi connectivity index (χ3n) is 4.80. The minimum Gasteiger partial charge on any atom is -0.466 e. The molecule has 3 aliphatic carbocycles. The van der Waals surface area contributed by atoms with Crippen LogP contribution in [0.1, 0.15) is 32.6 Å². The summed E-state index contributed by atoms with van der Waals surface area (Å²) in [5.41, 5.74) is 0. The van der Waals surface area contributed by atoms with Crippen LogP contribution in [-0.2, 0) is 9.53 Å². The first-order valence-electron chi connectivity index (χ1n) is 7.71. The fraction of sp³-hybridized carbons (Fsp3) is 0.667. The first-order valence-corrected chi connectivity index (χ1v) is 8.09. The number of nitrogens with one attached hydrogen (secondary N) is 1. The van der Waals surface area contributed by atoms with Crippen LogP contribution in [-0.4, -0.2) is 28.6 Å². The molecule has 3 fully saturated rings.